The van der Waals surface area contributed by atoms with Crippen molar-refractivity contribution in [2.75, 3.05) is 13.2 Å². The third-order valence-corrected chi connectivity index (χ3v) is 4.13. The summed E-state index contributed by atoms with van der Waals surface area (Å²) in [5.41, 5.74) is 1.52. The van der Waals surface area contributed by atoms with Crippen molar-refractivity contribution in [3.63, 3.8) is 0 Å². The highest BCUT2D eigenvalue weighted by Crippen LogP contribution is 2.24. The largest absolute Gasteiger partial charge is 0.463 e. The molecule has 2 aromatic rings. The van der Waals surface area contributed by atoms with Gasteiger partial charge < -0.3 is 15.4 Å². The van der Waals surface area contributed by atoms with E-state index in [0.29, 0.717) is 17.1 Å². The van der Waals surface area contributed by atoms with E-state index in [9.17, 15) is 9.59 Å². The van der Waals surface area contributed by atoms with Gasteiger partial charge in [0.15, 0.2) is 0 Å². The number of hydrogen-bond acceptors (Lipinski definition) is 6. The summed E-state index contributed by atoms with van der Waals surface area (Å²) in [5.74, 6) is -0.0536. The third kappa shape index (κ3) is 3.85. The molecule has 0 saturated carbocycles. The first-order valence-electron chi connectivity index (χ1n) is 7.55. The first-order valence-corrected chi connectivity index (χ1v) is 8.34. The van der Waals surface area contributed by atoms with Crippen LogP contribution in [0.3, 0.4) is 0 Å². The van der Waals surface area contributed by atoms with Crippen molar-refractivity contribution in [2.45, 2.75) is 13.5 Å². The van der Waals surface area contributed by atoms with Gasteiger partial charge in [0.2, 0.25) is 5.82 Å². The standard InChI is InChI=1S/C15H15BrN6O3/c1-2-25-14(23)10-7-17-15(24)18-12(10)8-22-20-13(19-21-22)9-5-3-4-6-11(9)16/h3-6H,2,7-8H2,1H3,(H2,17,18,24). The zero-order valence-electron chi connectivity index (χ0n) is 13.3. The molecule has 1 aromatic heterocycles. The highest BCUT2D eigenvalue weighted by Gasteiger charge is 2.24. The maximum absolute atomic E-state index is 12.0. The lowest BCUT2D eigenvalue weighted by atomic mass is 10.1. The highest BCUT2D eigenvalue weighted by molar-refractivity contribution is 9.10. The molecule has 0 spiro atoms. The van der Waals surface area contributed by atoms with E-state index in [1.165, 1.54) is 4.80 Å². The van der Waals surface area contributed by atoms with Gasteiger partial charge in [-0.1, -0.05) is 28.1 Å². The van der Waals surface area contributed by atoms with Crippen molar-refractivity contribution in [1.29, 1.82) is 0 Å². The van der Waals surface area contributed by atoms with E-state index in [2.05, 4.69) is 42.0 Å². The number of allylic oxidation sites excluding steroid dienone is 1. The number of esters is 1. The molecule has 0 fully saturated rings. The zero-order chi connectivity index (χ0) is 17.8. The van der Waals surface area contributed by atoms with E-state index in [-0.39, 0.29) is 19.7 Å². The topological polar surface area (TPSA) is 111 Å². The average molecular weight is 407 g/mol. The number of nitrogens with one attached hydrogen (secondary N) is 2. The number of urea groups is 1. The van der Waals surface area contributed by atoms with Gasteiger partial charge in [0.05, 0.1) is 24.4 Å². The van der Waals surface area contributed by atoms with Crippen molar-refractivity contribution in [2.24, 2.45) is 0 Å². The highest BCUT2D eigenvalue weighted by atomic mass is 79.9. The van der Waals surface area contributed by atoms with Crippen LogP contribution in [-0.4, -0.2) is 45.4 Å². The fraction of sp³-hybridized carbons (Fsp3) is 0.267. The lowest BCUT2D eigenvalue weighted by molar-refractivity contribution is -0.138. The van der Waals surface area contributed by atoms with Crippen LogP contribution in [0.1, 0.15) is 6.92 Å². The Balaban J connectivity index is 1.86. The number of amides is 2. The van der Waals surface area contributed by atoms with Crippen molar-refractivity contribution in [3.05, 3.63) is 40.0 Å². The Morgan fingerprint density at radius 3 is 2.96 bits per heavy atom. The van der Waals surface area contributed by atoms with E-state index in [0.717, 1.165) is 10.0 Å². The number of benzene rings is 1. The molecule has 0 saturated heterocycles. The Kier molecular flexibility index (Phi) is 5.08. The quantitative estimate of drug-likeness (QED) is 0.722. The van der Waals surface area contributed by atoms with E-state index < -0.39 is 12.0 Å². The van der Waals surface area contributed by atoms with E-state index in [4.69, 9.17) is 4.74 Å². The fourth-order valence-corrected chi connectivity index (χ4v) is 2.74. The molecular weight excluding hydrogens is 392 g/mol. The molecule has 25 heavy (non-hydrogen) atoms. The number of aromatic nitrogens is 4. The van der Waals surface area contributed by atoms with Crippen LogP contribution in [0, 0.1) is 0 Å². The summed E-state index contributed by atoms with van der Waals surface area (Å²) in [5, 5.41) is 17.5. The van der Waals surface area contributed by atoms with Crippen molar-refractivity contribution in [1.82, 2.24) is 30.8 Å². The molecule has 0 aliphatic carbocycles. The number of carbonyl (C=O) groups is 2. The smallest absolute Gasteiger partial charge is 0.337 e. The third-order valence-electron chi connectivity index (χ3n) is 3.44. The summed E-state index contributed by atoms with van der Waals surface area (Å²) in [6.45, 7) is 2.15. The Morgan fingerprint density at radius 1 is 1.40 bits per heavy atom. The predicted octanol–water partition coefficient (Wildman–Crippen LogP) is 1.23. The Labute approximate surface area is 151 Å². The molecule has 0 radical (unpaired) electrons. The van der Waals surface area contributed by atoms with Gasteiger partial charge in [-0.05, 0) is 24.3 Å². The van der Waals surface area contributed by atoms with Crippen molar-refractivity contribution >= 4 is 27.9 Å². The Bertz CT molecular complexity index is 847. The number of tetrazole rings is 1. The molecule has 130 valence electrons. The fourth-order valence-electron chi connectivity index (χ4n) is 2.28. The minimum Gasteiger partial charge on any atom is -0.463 e. The number of ether oxygens (including phenoxy) is 1. The Morgan fingerprint density at radius 2 is 2.20 bits per heavy atom. The molecule has 10 heteroatoms. The minimum atomic E-state index is -0.490. The van der Waals surface area contributed by atoms with Gasteiger partial charge in [0, 0.05) is 10.0 Å². The number of hydrogen-bond donors (Lipinski definition) is 2. The molecule has 2 amide bonds. The van der Waals surface area contributed by atoms with Crippen LogP contribution >= 0.6 is 15.9 Å². The second-order valence-corrected chi connectivity index (χ2v) is 5.96. The number of rotatable bonds is 5. The van der Waals surface area contributed by atoms with Crippen molar-refractivity contribution in [3.8, 4) is 11.4 Å². The lowest BCUT2D eigenvalue weighted by Crippen LogP contribution is -2.45. The van der Waals surface area contributed by atoms with Gasteiger partial charge in [0.25, 0.3) is 0 Å². The van der Waals surface area contributed by atoms with Crippen molar-refractivity contribution < 1.29 is 14.3 Å². The molecule has 2 N–H and O–H groups in total. The van der Waals surface area contributed by atoms with Crippen LogP contribution in [0.25, 0.3) is 11.4 Å². The molecule has 0 unspecified atom stereocenters. The molecule has 2 heterocycles. The second-order valence-electron chi connectivity index (χ2n) is 5.11. The molecule has 1 aromatic carbocycles. The molecule has 0 bridgehead atoms. The van der Waals surface area contributed by atoms with Crippen LogP contribution in [-0.2, 0) is 16.1 Å². The monoisotopic (exact) mass is 406 g/mol. The van der Waals surface area contributed by atoms with E-state index in [1.54, 1.807) is 6.92 Å². The molecule has 3 rings (SSSR count). The van der Waals surface area contributed by atoms with Gasteiger partial charge in [-0.15, -0.1) is 10.2 Å². The van der Waals surface area contributed by atoms with Crippen LogP contribution in [0.4, 0.5) is 4.79 Å². The predicted molar refractivity (Wildman–Crippen MR) is 91.1 cm³/mol. The molecular formula is C15H15BrN6O3. The second kappa shape index (κ2) is 7.43. The van der Waals surface area contributed by atoms with Gasteiger partial charge in [-0.2, -0.15) is 4.80 Å². The molecule has 1 aliphatic heterocycles. The number of nitrogens with zero attached hydrogens (tertiary/aromatic N) is 4. The summed E-state index contributed by atoms with van der Waals surface area (Å²) >= 11 is 3.44. The SMILES string of the molecule is CCOC(=O)C1=C(Cn2nnc(-c3ccccc3Br)n2)NC(=O)NC1. The van der Waals surface area contributed by atoms with Crippen LogP contribution in [0.2, 0.25) is 0 Å². The first-order chi connectivity index (χ1) is 12.1. The lowest BCUT2D eigenvalue weighted by Gasteiger charge is -2.20. The maximum atomic E-state index is 12.0. The van der Waals surface area contributed by atoms with E-state index in [1.807, 2.05) is 24.3 Å². The molecule has 0 atom stereocenters. The van der Waals surface area contributed by atoms with Crippen LogP contribution in [0.15, 0.2) is 40.0 Å². The van der Waals surface area contributed by atoms with Crippen LogP contribution in [0.5, 0.6) is 0 Å². The Hall–Kier alpha value is -2.75. The van der Waals surface area contributed by atoms with Gasteiger partial charge in [-0.25, -0.2) is 9.59 Å². The summed E-state index contributed by atoms with van der Waals surface area (Å²) in [6, 6.07) is 7.11. The number of carbonyl (C=O) groups excluding carboxylic acids is 2. The minimum absolute atomic E-state index is 0.0891. The maximum Gasteiger partial charge on any atom is 0.337 e. The molecule has 1 aliphatic rings. The molecule has 9 nitrogen and oxygen atoms in total. The summed E-state index contributed by atoms with van der Waals surface area (Å²) < 4.78 is 5.86. The van der Waals surface area contributed by atoms with Crippen LogP contribution < -0.4 is 10.6 Å². The summed E-state index contributed by atoms with van der Waals surface area (Å²) in [4.78, 5) is 24.9. The summed E-state index contributed by atoms with van der Waals surface area (Å²) in [6.07, 6.45) is 0. The average Bonchev–Trinajstić information content (AvgIpc) is 3.04. The van der Waals surface area contributed by atoms with E-state index >= 15 is 0 Å². The first kappa shape index (κ1) is 17.1. The zero-order valence-corrected chi connectivity index (χ0v) is 14.9. The van der Waals surface area contributed by atoms with Gasteiger partial charge in [-0.3, -0.25) is 0 Å². The number of halogens is 1. The van der Waals surface area contributed by atoms with Gasteiger partial charge >= 0.3 is 12.0 Å². The normalized spacial score (nSPS) is 14.1. The summed E-state index contributed by atoms with van der Waals surface area (Å²) in [7, 11) is 0. The van der Waals surface area contributed by atoms with Gasteiger partial charge in [0.1, 0.15) is 6.54 Å².